The minimum Gasteiger partial charge on any atom is -0.396 e. The van der Waals surface area contributed by atoms with Gasteiger partial charge in [0.25, 0.3) is 0 Å². The third-order valence-corrected chi connectivity index (χ3v) is 3.65. The molecule has 0 aromatic carbocycles. The van der Waals surface area contributed by atoms with Crippen LogP contribution in [-0.4, -0.2) is 36.1 Å². The number of aryl methyl sites for hydroxylation is 1. The van der Waals surface area contributed by atoms with Crippen molar-refractivity contribution in [1.29, 1.82) is 0 Å². The summed E-state index contributed by atoms with van der Waals surface area (Å²) in [4.78, 5) is 0. The molecule has 0 atom stereocenters. The second kappa shape index (κ2) is 5.97. The Kier molecular flexibility index (Phi) is 4.91. The predicted molar refractivity (Wildman–Crippen MR) is 60.3 cm³/mol. The Morgan fingerprint density at radius 2 is 2.25 bits per heavy atom. The molecule has 0 spiro atoms. The summed E-state index contributed by atoms with van der Waals surface area (Å²) in [6, 6.07) is 0. The average molecular weight is 247 g/mol. The molecule has 7 heteroatoms. The van der Waals surface area contributed by atoms with E-state index < -0.39 is 10.0 Å². The molecule has 0 aliphatic carbocycles. The molecule has 0 saturated heterocycles. The zero-order valence-electron chi connectivity index (χ0n) is 9.23. The Hall–Kier alpha value is -0.920. The first-order valence-corrected chi connectivity index (χ1v) is 6.77. The summed E-state index contributed by atoms with van der Waals surface area (Å²) in [6.07, 6.45) is 2.58. The number of aliphatic hydroxyl groups is 1. The maximum Gasteiger partial charge on any atom is 0.211 e. The summed E-state index contributed by atoms with van der Waals surface area (Å²) in [5, 5.41) is 15.1. The van der Waals surface area contributed by atoms with Gasteiger partial charge < -0.3 is 5.11 Å². The minimum absolute atomic E-state index is 0.0242. The molecule has 1 rings (SSSR count). The molecular formula is C9H17N3O3S. The number of rotatable bonds is 7. The van der Waals surface area contributed by atoms with Gasteiger partial charge in [0.1, 0.15) is 0 Å². The summed E-state index contributed by atoms with van der Waals surface area (Å²) in [6.45, 7) is 2.11. The molecule has 1 heterocycles. The summed E-state index contributed by atoms with van der Waals surface area (Å²) in [7, 11) is -3.25. The van der Waals surface area contributed by atoms with Crippen molar-refractivity contribution in [2.24, 2.45) is 0 Å². The van der Waals surface area contributed by atoms with Gasteiger partial charge in [-0.05, 0) is 19.8 Å². The molecule has 16 heavy (non-hydrogen) atoms. The summed E-state index contributed by atoms with van der Waals surface area (Å²) >= 11 is 0. The number of aliphatic hydroxyl groups excluding tert-OH is 1. The standard InChI is InChI=1S/C9H17N3O3S/c1-8-9(6-10-12-8)7-11-16(14,15)5-3-2-4-13/h6,11,13H,2-5,7H2,1H3,(H,10,12). The lowest BCUT2D eigenvalue weighted by Gasteiger charge is -2.05. The zero-order valence-corrected chi connectivity index (χ0v) is 10.0. The van der Waals surface area contributed by atoms with Crippen LogP contribution in [0.3, 0.4) is 0 Å². The minimum atomic E-state index is -3.25. The van der Waals surface area contributed by atoms with Gasteiger partial charge in [-0.25, -0.2) is 13.1 Å². The highest BCUT2D eigenvalue weighted by molar-refractivity contribution is 7.89. The van der Waals surface area contributed by atoms with Crippen LogP contribution in [0, 0.1) is 6.92 Å². The van der Waals surface area contributed by atoms with Crippen molar-refractivity contribution >= 4 is 10.0 Å². The second-order valence-corrected chi connectivity index (χ2v) is 5.52. The van der Waals surface area contributed by atoms with Gasteiger partial charge in [0, 0.05) is 24.4 Å². The Morgan fingerprint density at radius 1 is 1.50 bits per heavy atom. The normalized spacial score (nSPS) is 11.9. The van der Waals surface area contributed by atoms with E-state index in [1.807, 2.05) is 6.92 Å². The third kappa shape index (κ3) is 4.30. The first-order valence-electron chi connectivity index (χ1n) is 5.12. The van der Waals surface area contributed by atoms with Crippen LogP contribution in [0.5, 0.6) is 0 Å². The van der Waals surface area contributed by atoms with E-state index in [0.29, 0.717) is 12.8 Å². The Morgan fingerprint density at radius 3 is 2.81 bits per heavy atom. The molecule has 0 amide bonds. The lowest BCUT2D eigenvalue weighted by atomic mass is 10.3. The first kappa shape index (κ1) is 13.1. The Bertz CT molecular complexity index is 413. The number of H-pyrrole nitrogens is 1. The fourth-order valence-corrected chi connectivity index (χ4v) is 2.32. The number of nitrogens with one attached hydrogen (secondary N) is 2. The van der Waals surface area contributed by atoms with Gasteiger partial charge in [0.15, 0.2) is 0 Å². The van der Waals surface area contributed by atoms with Gasteiger partial charge in [0.2, 0.25) is 10.0 Å². The van der Waals surface area contributed by atoms with Crippen LogP contribution >= 0.6 is 0 Å². The quantitative estimate of drug-likeness (QED) is 0.587. The number of aromatic nitrogens is 2. The highest BCUT2D eigenvalue weighted by atomic mass is 32.2. The van der Waals surface area contributed by atoms with Gasteiger partial charge in [0.05, 0.1) is 11.9 Å². The molecule has 0 radical (unpaired) electrons. The van der Waals surface area contributed by atoms with E-state index in [1.54, 1.807) is 6.20 Å². The van der Waals surface area contributed by atoms with Crippen LogP contribution < -0.4 is 4.72 Å². The van der Waals surface area contributed by atoms with Gasteiger partial charge in [-0.2, -0.15) is 5.10 Å². The lowest BCUT2D eigenvalue weighted by Crippen LogP contribution is -2.26. The number of unbranched alkanes of at least 4 members (excludes halogenated alkanes) is 1. The number of sulfonamides is 1. The van der Waals surface area contributed by atoms with E-state index in [1.165, 1.54) is 0 Å². The monoisotopic (exact) mass is 247 g/mol. The number of hydrogen-bond acceptors (Lipinski definition) is 4. The molecule has 1 aromatic heterocycles. The Balaban J connectivity index is 2.39. The maximum atomic E-state index is 11.5. The molecule has 0 bridgehead atoms. The van der Waals surface area contributed by atoms with Crippen molar-refractivity contribution in [3.05, 3.63) is 17.5 Å². The van der Waals surface area contributed by atoms with Crippen LogP contribution in [0.4, 0.5) is 0 Å². The van der Waals surface area contributed by atoms with E-state index in [4.69, 9.17) is 5.11 Å². The molecule has 0 aliphatic heterocycles. The second-order valence-electron chi connectivity index (χ2n) is 3.59. The number of hydrogen-bond donors (Lipinski definition) is 3. The van der Waals surface area contributed by atoms with E-state index in [2.05, 4.69) is 14.9 Å². The predicted octanol–water partition coefficient (Wildman–Crippen LogP) is -0.0900. The highest BCUT2D eigenvalue weighted by Crippen LogP contribution is 2.03. The molecule has 1 aromatic rings. The Labute approximate surface area is 95.1 Å². The van der Waals surface area contributed by atoms with Crippen molar-refractivity contribution in [2.75, 3.05) is 12.4 Å². The molecule has 3 N–H and O–H groups in total. The van der Waals surface area contributed by atoms with E-state index in [0.717, 1.165) is 11.3 Å². The van der Waals surface area contributed by atoms with Crippen LogP contribution in [0.2, 0.25) is 0 Å². The number of aromatic amines is 1. The first-order chi connectivity index (χ1) is 7.55. The fraction of sp³-hybridized carbons (Fsp3) is 0.667. The third-order valence-electron chi connectivity index (χ3n) is 2.24. The summed E-state index contributed by atoms with van der Waals surface area (Å²) in [5.41, 5.74) is 1.70. The van der Waals surface area contributed by atoms with Crippen LogP contribution in [-0.2, 0) is 16.6 Å². The van der Waals surface area contributed by atoms with Gasteiger partial charge >= 0.3 is 0 Å². The molecule has 0 fully saturated rings. The molecule has 0 saturated carbocycles. The van der Waals surface area contributed by atoms with Crippen LogP contribution in [0.25, 0.3) is 0 Å². The van der Waals surface area contributed by atoms with Gasteiger partial charge in [-0.3, -0.25) is 5.10 Å². The van der Waals surface area contributed by atoms with E-state index in [9.17, 15) is 8.42 Å². The van der Waals surface area contributed by atoms with Gasteiger partial charge in [-0.1, -0.05) is 0 Å². The topological polar surface area (TPSA) is 95.1 Å². The van der Waals surface area contributed by atoms with Crippen LogP contribution in [0.1, 0.15) is 24.1 Å². The average Bonchev–Trinajstić information content (AvgIpc) is 2.62. The molecule has 92 valence electrons. The maximum absolute atomic E-state index is 11.5. The van der Waals surface area contributed by atoms with Crippen molar-refractivity contribution in [3.63, 3.8) is 0 Å². The molecule has 0 unspecified atom stereocenters. The van der Waals surface area contributed by atoms with Crippen LogP contribution in [0.15, 0.2) is 6.20 Å². The van der Waals surface area contributed by atoms with Crippen molar-refractivity contribution in [3.8, 4) is 0 Å². The number of nitrogens with zero attached hydrogens (tertiary/aromatic N) is 1. The molecule has 6 nitrogen and oxygen atoms in total. The van der Waals surface area contributed by atoms with E-state index in [-0.39, 0.29) is 18.9 Å². The van der Waals surface area contributed by atoms with Crippen molar-refractivity contribution < 1.29 is 13.5 Å². The smallest absolute Gasteiger partial charge is 0.211 e. The zero-order chi connectivity index (χ0) is 12.0. The molecular weight excluding hydrogens is 230 g/mol. The fourth-order valence-electron chi connectivity index (χ4n) is 1.22. The highest BCUT2D eigenvalue weighted by Gasteiger charge is 2.10. The lowest BCUT2D eigenvalue weighted by molar-refractivity contribution is 0.287. The van der Waals surface area contributed by atoms with E-state index >= 15 is 0 Å². The van der Waals surface area contributed by atoms with Gasteiger partial charge in [-0.15, -0.1) is 0 Å². The summed E-state index contributed by atoms with van der Waals surface area (Å²) in [5.74, 6) is 0.0461. The molecule has 0 aliphatic rings. The largest absolute Gasteiger partial charge is 0.396 e. The van der Waals surface area contributed by atoms with Crippen molar-refractivity contribution in [1.82, 2.24) is 14.9 Å². The summed E-state index contributed by atoms with van der Waals surface area (Å²) < 4.78 is 25.5. The SMILES string of the molecule is Cc1[nH]ncc1CNS(=O)(=O)CCCCO. The van der Waals surface area contributed by atoms with Crippen molar-refractivity contribution in [2.45, 2.75) is 26.3 Å².